The van der Waals surface area contributed by atoms with Crippen LogP contribution in [0.25, 0.3) is 0 Å². The van der Waals surface area contributed by atoms with E-state index >= 15 is 0 Å². The number of nitrogens with one attached hydrogen (secondary N) is 1. The van der Waals surface area contributed by atoms with E-state index in [-0.39, 0.29) is 0 Å². The van der Waals surface area contributed by atoms with Crippen LogP contribution in [0.15, 0.2) is 4.52 Å². The van der Waals surface area contributed by atoms with Gasteiger partial charge < -0.3 is 9.84 Å². The molecule has 2 heterocycles. The Morgan fingerprint density at radius 3 is 2.39 bits per heavy atom. The molecule has 2 aromatic heterocycles. The molecule has 0 spiro atoms. The summed E-state index contributed by atoms with van der Waals surface area (Å²) in [4.78, 5) is 0. The minimum Gasteiger partial charge on any atom is -0.361 e. The second-order valence-electron chi connectivity index (χ2n) is 4.64. The highest BCUT2D eigenvalue weighted by atomic mass is 16.5. The lowest BCUT2D eigenvalue weighted by Gasteiger charge is -2.05. The van der Waals surface area contributed by atoms with Gasteiger partial charge in [0.15, 0.2) is 0 Å². The number of nitrogens with zero attached hydrogens (tertiary/aromatic N) is 3. The Balaban J connectivity index is 2.33. The Morgan fingerprint density at radius 1 is 1.11 bits per heavy atom. The summed E-state index contributed by atoms with van der Waals surface area (Å²) in [7, 11) is 1.95. The summed E-state index contributed by atoms with van der Waals surface area (Å²) >= 11 is 0. The minimum absolute atomic E-state index is 0.720. The minimum atomic E-state index is 0.720. The van der Waals surface area contributed by atoms with Crippen LogP contribution < -0.4 is 5.32 Å². The average Bonchev–Trinajstić information content (AvgIpc) is 2.77. The fourth-order valence-corrected chi connectivity index (χ4v) is 2.20. The van der Waals surface area contributed by atoms with Crippen molar-refractivity contribution in [1.29, 1.82) is 0 Å². The molecule has 0 saturated heterocycles. The molecule has 0 amide bonds. The molecule has 0 aliphatic rings. The molecule has 5 heteroatoms. The van der Waals surface area contributed by atoms with E-state index in [0.717, 1.165) is 35.8 Å². The van der Waals surface area contributed by atoms with Crippen LogP contribution in [0.1, 0.15) is 34.0 Å². The van der Waals surface area contributed by atoms with Crippen LogP contribution in [0.5, 0.6) is 0 Å². The van der Waals surface area contributed by atoms with E-state index < -0.39 is 0 Å². The van der Waals surface area contributed by atoms with Gasteiger partial charge in [-0.15, -0.1) is 0 Å². The summed E-state index contributed by atoms with van der Waals surface area (Å²) in [5, 5.41) is 11.7. The topological polar surface area (TPSA) is 55.9 Å². The molecule has 2 rings (SSSR count). The van der Waals surface area contributed by atoms with Gasteiger partial charge in [0.1, 0.15) is 5.76 Å². The molecule has 1 N–H and O–H groups in total. The maximum atomic E-state index is 5.19. The molecule has 0 fully saturated rings. The summed E-state index contributed by atoms with van der Waals surface area (Å²) in [5.41, 5.74) is 5.60. The summed E-state index contributed by atoms with van der Waals surface area (Å²) in [5.74, 6) is 0.871. The van der Waals surface area contributed by atoms with Crippen molar-refractivity contribution in [3.8, 4) is 0 Å². The Morgan fingerprint density at radius 2 is 1.83 bits per heavy atom. The number of hydrogen-bond acceptors (Lipinski definition) is 4. The van der Waals surface area contributed by atoms with E-state index in [1.165, 1.54) is 11.3 Å². The van der Waals surface area contributed by atoms with Crippen LogP contribution in [-0.4, -0.2) is 22.0 Å². The second-order valence-corrected chi connectivity index (χ2v) is 4.64. The van der Waals surface area contributed by atoms with Gasteiger partial charge in [0.25, 0.3) is 0 Å². The Kier molecular flexibility index (Phi) is 3.52. The molecule has 0 saturated carbocycles. The van der Waals surface area contributed by atoms with E-state index in [1.807, 2.05) is 32.5 Å². The molecular weight excluding hydrogens is 228 g/mol. The highest BCUT2D eigenvalue weighted by Gasteiger charge is 2.15. The summed E-state index contributed by atoms with van der Waals surface area (Å²) in [6, 6.07) is 0. The standard InChI is InChI=1S/C13H20N4O/c1-8-12(6-14-5)10(3)17(15-8)7-13-9(2)16-18-11(13)4/h14H,6-7H2,1-5H3. The molecule has 18 heavy (non-hydrogen) atoms. The fraction of sp³-hybridized carbons (Fsp3) is 0.538. The molecule has 0 unspecified atom stereocenters. The van der Waals surface area contributed by atoms with E-state index in [1.54, 1.807) is 0 Å². The van der Waals surface area contributed by atoms with Crippen molar-refractivity contribution in [2.75, 3.05) is 7.05 Å². The van der Waals surface area contributed by atoms with Crippen LogP contribution in [0, 0.1) is 27.7 Å². The van der Waals surface area contributed by atoms with E-state index in [0.29, 0.717) is 0 Å². The molecule has 2 aromatic rings. The lowest BCUT2D eigenvalue weighted by atomic mass is 10.2. The zero-order valence-electron chi connectivity index (χ0n) is 11.7. The van der Waals surface area contributed by atoms with Gasteiger partial charge in [-0.1, -0.05) is 5.16 Å². The molecule has 0 radical (unpaired) electrons. The summed E-state index contributed by atoms with van der Waals surface area (Å²) < 4.78 is 7.21. The van der Waals surface area contributed by atoms with E-state index in [4.69, 9.17) is 4.52 Å². The van der Waals surface area contributed by atoms with Crippen molar-refractivity contribution in [2.45, 2.75) is 40.8 Å². The van der Waals surface area contributed by atoms with Gasteiger partial charge in [0, 0.05) is 23.4 Å². The lowest BCUT2D eigenvalue weighted by Crippen LogP contribution is -2.09. The monoisotopic (exact) mass is 248 g/mol. The molecule has 5 nitrogen and oxygen atoms in total. The SMILES string of the molecule is CNCc1c(C)nn(Cc2c(C)noc2C)c1C. The third-order valence-electron chi connectivity index (χ3n) is 3.37. The van der Waals surface area contributed by atoms with Gasteiger partial charge >= 0.3 is 0 Å². The van der Waals surface area contributed by atoms with Gasteiger partial charge in [0.05, 0.1) is 17.9 Å². The first-order chi connectivity index (χ1) is 8.54. The fourth-order valence-electron chi connectivity index (χ4n) is 2.20. The summed E-state index contributed by atoms with van der Waals surface area (Å²) in [6.07, 6.45) is 0. The molecule has 0 aliphatic carbocycles. The Hall–Kier alpha value is -1.62. The van der Waals surface area contributed by atoms with Crippen LogP contribution in [-0.2, 0) is 13.1 Å². The van der Waals surface area contributed by atoms with Gasteiger partial charge in [-0.3, -0.25) is 4.68 Å². The largest absolute Gasteiger partial charge is 0.361 e. The lowest BCUT2D eigenvalue weighted by molar-refractivity contribution is 0.391. The average molecular weight is 248 g/mol. The van der Waals surface area contributed by atoms with E-state index in [9.17, 15) is 0 Å². The zero-order chi connectivity index (χ0) is 13.3. The first kappa shape index (κ1) is 12.8. The maximum absolute atomic E-state index is 5.19. The summed E-state index contributed by atoms with van der Waals surface area (Å²) in [6.45, 7) is 9.62. The van der Waals surface area contributed by atoms with Gasteiger partial charge in [0.2, 0.25) is 0 Å². The number of aromatic nitrogens is 3. The van der Waals surface area contributed by atoms with Crippen molar-refractivity contribution < 1.29 is 4.52 Å². The van der Waals surface area contributed by atoms with Crippen molar-refractivity contribution in [2.24, 2.45) is 0 Å². The molecule has 0 bridgehead atoms. The van der Waals surface area contributed by atoms with Crippen LogP contribution >= 0.6 is 0 Å². The predicted molar refractivity (Wildman–Crippen MR) is 69.5 cm³/mol. The third-order valence-corrected chi connectivity index (χ3v) is 3.37. The third kappa shape index (κ3) is 2.18. The number of rotatable bonds is 4. The van der Waals surface area contributed by atoms with Crippen molar-refractivity contribution in [1.82, 2.24) is 20.3 Å². The predicted octanol–water partition coefficient (Wildman–Crippen LogP) is 1.87. The number of hydrogen-bond donors (Lipinski definition) is 1. The Labute approximate surface area is 107 Å². The van der Waals surface area contributed by atoms with Crippen LogP contribution in [0.2, 0.25) is 0 Å². The first-order valence-corrected chi connectivity index (χ1v) is 6.13. The molecule has 0 aliphatic heterocycles. The van der Waals surface area contributed by atoms with Crippen LogP contribution in [0.3, 0.4) is 0 Å². The van der Waals surface area contributed by atoms with Crippen molar-refractivity contribution in [3.05, 3.63) is 34.0 Å². The molecule has 98 valence electrons. The van der Waals surface area contributed by atoms with Crippen molar-refractivity contribution in [3.63, 3.8) is 0 Å². The quantitative estimate of drug-likeness (QED) is 0.897. The highest BCUT2D eigenvalue weighted by Crippen LogP contribution is 2.18. The second kappa shape index (κ2) is 4.94. The highest BCUT2D eigenvalue weighted by molar-refractivity contribution is 5.27. The molecular formula is C13H20N4O. The van der Waals surface area contributed by atoms with Gasteiger partial charge in [-0.2, -0.15) is 5.10 Å². The normalized spacial score (nSPS) is 11.2. The molecule has 0 atom stereocenters. The Bertz CT molecular complexity index is 534. The molecule has 0 aromatic carbocycles. The zero-order valence-corrected chi connectivity index (χ0v) is 11.7. The maximum Gasteiger partial charge on any atom is 0.138 e. The number of aryl methyl sites for hydroxylation is 3. The van der Waals surface area contributed by atoms with Gasteiger partial charge in [-0.25, -0.2) is 0 Å². The van der Waals surface area contributed by atoms with Crippen molar-refractivity contribution >= 4 is 0 Å². The smallest absolute Gasteiger partial charge is 0.138 e. The van der Waals surface area contributed by atoms with Gasteiger partial charge in [-0.05, 0) is 34.7 Å². The first-order valence-electron chi connectivity index (χ1n) is 6.13. The van der Waals surface area contributed by atoms with E-state index in [2.05, 4.69) is 22.5 Å². The van der Waals surface area contributed by atoms with Crippen LogP contribution in [0.4, 0.5) is 0 Å².